The summed E-state index contributed by atoms with van der Waals surface area (Å²) in [6, 6.07) is 0. The molecule has 0 aliphatic heterocycles. The summed E-state index contributed by atoms with van der Waals surface area (Å²) in [6.45, 7) is 0. The van der Waals surface area contributed by atoms with Crippen LogP contribution in [0.1, 0.15) is 0 Å². The van der Waals surface area contributed by atoms with Crippen LogP contribution in [-0.2, 0) is 60.1 Å². The molecule has 0 aromatic rings. The van der Waals surface area contributed by atoms with Crippen LogP contribution in [0.25, 0.3) is 0 Å². The first kappa shape index (κ1) is 32.0. The van der Waals surface area contributed by atoms with E-state index >= 15 is 0 Å². The molecule has 0 aromatic carbocycles. The summed E-state index contributed by atoms with van der Waals surface area (Å²) >= 11 is 0. The Morgan fingerprint density at radius 1 is 1.00 bits per heavy atom. The van der Waals surface area contributed by atoms with Crippen molar-refractivity contribution in [2.24, 2.45) is 0 Å². The molecular formula is AlCrNiZr+9. The summed E-state index contributed by atoms with van der Waals surface area (Å²) in [5.74, 6) is 0. The Kier molecular flexibility index (Phi) is 144. The third-order valence-electron chi connectivity index (χ3n) is 0. The van der Waals surface area contributed by atoms with E-state index in [1.54, 1.807) is 0 Å². The van der Waals surface area contributed by atoms with E-state index in [1.165, 1.54) is 0 Å². The third kappa shape index (κ3) is 8.82. The largest absolute Gasteiger partial charge is 3.00 e. The average Bonchev–Trinajstić information content (AvgIpc) is 0. The third-order valence-corrected chi connectivity index (χ3v) is 0. The Labute approximate surface area is 76.4 Å². The first-order valence-electron chi connectivity index (χ1n) is 0. The number of rotatable bonds is 0. The molecule has 0 N–H and O–H groups in total. The van der Waals surface area contributed by atoms with Gasteiger partial charge in [-0.05, 0) is 0 Å². The first-order chi connectivity index (χ1) is 0. The minimum Gasteiger partial charge on any atom is 2.00 e. The van der Waals surface area contributed by atoms with Gasteiger partial charge in [0.2, 0.25) is 0 Å². The molecule has 0 rings (SSSR count). The van der Waals surface area contributed by atoms with Crippen molar-refractivity contribution in [3.05, 3.63) is 0 Å². The van der Waals surface area contributed by atoms with Gasteiger partial charge in [0.05, 0.1) is 0 Å². The molecule has 0 nitrogen and oxygen atoms in total. The van der Waals surface area contributed by atoms with Crippen LogP contribution in [-0.4, -0.2) is 17.4 Å². The molecule has 0 saturated carbocycles. The maximum Gasteiger partial charge on any atom is 3.00 e. The molecule has 0 atom stereocenters. The van der Waals surface area contributed by atoms with Gasteiger partial charge in [-0.25, -0.2) is 0 Å². The van der Waals surface area contributed by atoms with Gasteiger partial charge in [-0.2, -0.15) is 0 Å². The minimum atomic E-state index is 0. The van der Waals surface area contributed by atoms with Gasteiger partial charge in [-0.3, -0.25) is 0 Å². The number of hydrogen-bond acceptors (Lipinski definition) is 0. The van der Waals surface area contributed by atoms with Crippen molar-refractivity contribution < 1.29 is 60.1 Å². The Hall–Kier alpha value is 2.44. The quantitative estimate of drug-likeness (QED) is 0.496. The molecule has 0 spiro atoms. The molecule has 0 heterocycles. The fourth-order valence-electron chi connectivity index (χ4n) is 0. The van der Waals surface area contributed by atoms with Crippen LogP contribution in [0.15, 0.2) is 0 Å². The van der Waals surface area contributed by atoms with Gasteiger partial charge in [-0.15, -0.1) is 0 Å². The molecule has 0 fully saturated rings. The van der Waals surface area contributed by atoms with E-state index in [1.807, 2.05) is 0 Å². The monoisotopic (exact) mass is 227 g/mol. The van der Waals surface area contributed by atoms with E-state index in [0.29, 0.717) is 0 Å². The standard InChI is InChI=1S/Al.Cr.Ni.Zr/q+3;3*+2. The molecule has 4 heavy (non-hydrogen) atoms. The Balaban J connectivity index is 0. The maximum absolute atomic E-state index is 0. The van der Waals surface area contributed by atoms with Crippen molar-refractivity contribution in [2.75, 3.05) is 0 Å². The van der Waals surface area contributed by atoms with Crippen LogP contribution >= 0.6 is 0 Å². The van der Waals surface area contributed by atoms with Crippen LogP contribution in [0.4, 0.5) is 0 Å². The smallest absolute Gasteiger partial charge is 2.00 e. The second-order valence-corrected chi connectivity index (χ2v) is 0. The van der Waals surface area contributed by atoms with Crippen LogP contribution in [0, 0.1) is 0 Å². The summed E-state index contributed by atoms with van der Waals surface area (Å²) < 4.78 is 0. The normalized spacial score (nSPS) is 0. The molecular weight excluding hydrogens is 229 g/mol. The van der Waals surface area contributed by atoms with Gasteiger partial charge in [0.15, 0.2) is 0 Å². The van der Waals surface area contributed by atoms with Gasteiger partial charge in [0, 0.05) is 0 Å². The topological polar surface area (TPSA) is 0 Å². The molecule has 0 aliphatic rings. The summed E-state index contributed by atoms with van der Waals surface area (Å²) in [6.07, 6.45) is 0. The van der Waals surface area contributed by atoms with E-state index < -0.39 is 0 Å². The Morgan fingerprint density at radius 2 is 1.00 bits per heavy atom. The average molecular weight is 229 g/mol. The molecule has 0 radical (unpaired) electrons. The maximum atomic E-state index is 0. The van der Waals surface area contributed by atoms with Crippen LogP contribution in [0.2, 0.25) is 0 Å². The zero-order chi connectivity index (χ0) is 0. The molecule has 14 valence electrons. The van der Waals surface area contributed by atoms with E-state index in [2.05, 4.69) is 0 Å². The molecule has 0 aliphatic carbocycles. The predicted octanol–water partition coefficient (Wildman–Crippen LogP) is -0.388. The molecule has 0 saturated heterocycles. The number of hydrogen-bond donors (Lipinski definition) is 0. The van der Waals surface area contributed by atoms with Crippen LogP contribution < -0.4 is 0 Å². The SMILES string of the molecule is [Al+3].[Cr+2].[Ni+2].[Zr+2]. The minimum absolute atomic E-state index is 0. The van der Waals surface area contributed by atoms with Crippen molar-refractivity contribution in [3.63, 3.8) is 0 Å². The van der Waals surface area contributed by atoms with Crippen molar-refractivity contribution in [1.29, 1.82) is 0 Å². The van der Waals surface area contributed by atoms with Crippen LogP contribution in [0.3, 0.4) is 0 Å². The Morgan fingerprint density at radius 3 is 1.00 bits per heavy atom. The van der Waals surface area contributed by atoms with E-state index in [0.717, 1.165) is 0 Å². The Bertz CT molecular complexity index is 8.00. The summed E-state index contributed by atoms with van der Waals surface area (Å²) in [5.41, 5.74) is 0. The molecule has 0 aromatic heterocycles. The van der Waals surface area contributed by atoms with E-state index in [9.17, 15) is 0 Å². The van der Waals surface area contributed by atoms with Gasteiger partial charge in [0.25, 0.3) is 0 Å². The van der Waals surface area contributed by atoms with Gasteiger partial charge < -0.3 is 0 Å². The van der Waals surface area contributed by atoms with E-state index in [-0.39, 0.29) is 77.4 Å². The van der Waals surface area contributed by atoms with Crippen molar-refractivity contribution in [1.82, 2.24) is 0 Å². The van der Waals surface area contributed by atoms with Gasteiger partial charge >= 0.3 is 77.4 Å². The summed E-state index contributed by atoms with van der Waals surface area (Å²) in [7, 11) is 0. The fraction of sp³-hybridized carbons (Fsp3) is 0. The first-order valence-corrected chi connectivity index (χ1v) is 0. The molecule has 4 heteroatoms. The van der Waals surface area contributed by atoms with Crippen molar-refractivity contribution >= 4 is 17.4 Å². The van der Waals surface area contributed by atoms with Gasteiger partial charge in [-0.1, -0.05) is 0 Å². The summed E-state index contributed by atoms with van der Waals surface area (Å²) in [4.78, 5) is 0. The van der Waals surface area contributed by atoms with Crippen molar-refractivity contribution in [3.8, 4) is 0 Å². The molecule has 0 amide bonds. The second kappa shape index (κ2) is 18.0. The molecule has 0 bridgehead atoms. The molecule has 0 unspecified atom stereocenters. The van der Waals surface area contributed by atoms with Crippen molar-refractivity contribution in [2.45, 2.75) is 0 Å². The zero-order valence-corrected chi connectivity index (χ0v) is 7.68. The fourth-order valence-corrected chi connectivity index (χ4v) is 0. The second-order valence-electron chi connectivity index (χ2n) is 0. The predicted molar refractivity (Wildman–Crippen MR) is 5.75 cm³/mol. The van der Waals surface area contributed by atoms with Gasteiger partial charge in [0.1, 0.15) is 0 Å². The van der Waals surface area contributed by atoms with Crippen LogP contribution in [0.5, 0.6) is 0 Å². The zero-order valence-electron chi connectivity index (χ0n) is 1.80. The van der Waals surface area contributed by atoms with E-state index in [4.69, 9.17) is 0 Å². The summed E-state index contributed by atoms with van der Waals surface area (Å²) in [5, 5.41) is 0.